The van der Waals surface area contributed by atoms with Gasteiger partial charge in [0, 0.05) is 23.7 Å². The molecular formula is C10H11F2N. The van der Waals surface area contributed by atoms with E-state index in [0.717, 1.165) is 12.5 Å². The van der Waals surface area contributed by atoms with Gasteiger partial charge in [-0.25, -0.2) is 8.78 Å². The van der Waals surface area contributed by atoms with Crippen molar-refractivity contribution in [2.24, 2.45) is 0 Å². The third-order valence-corrected chi connectivity index (χ3v) is 2.41. The summed E-state index contributed by atoms with van der Waals surface area (Å²) in [5.74, 6) is -0.974. The van der Waals surface area contributed by atoms with Crippen molar-refractivity contribution in [1.82, 2.24) is 5.32 Å². The number of nitrogens with one attached hydrogen (secondary N) is 1. The van der Waals surface area contributed by atoms with Gasteiger partial charge in [-0.1, -0.05) is 6.07 Å². The Hall–Kier alpha value is -0.960. The van der Waals surface area contributed by atoms with Crippen LogP contribution in [0.2, 0.25) is 0 Å². The molecule has 2 unspecified atom stereocenters. The molecule has 1 aromatic rings. The molecule has 0 aliphatic carbocycles. The summed E-state index contributed by atoms with van der Waals surface area (Å²) in [5, 5.41) is 3.16. The maximum atomic E-state index is 13.2. The summed E-state index contributed by atoms with van der Waals surface area (Å²) in [4.78, 5) is 0. The predicted molar refractivity (Wildman–Crippen MR) is 46.3 cm³/mol. The Kier molecular flexibility index (Phi) is 2.04. The Morgan fingerprint density at radius 1 is 1.38 bits per heavy atom. The summed E-state index contributed by atoms with van der Waals surface area (Å²) in [5.41, 5.74) is 0.569. The first kappa shape index (κ1) is 8.63. The van der Waals surface area contributed by atoms with Crippen molar-refractivity contribution in [3.05, 3.63) is 35.4 Å². The fourth-order valence-corrected chi connectivity index (χ4v) is 1.67. The average Bonchev–Trinajstić information content (AvgIpc) is 2.00. The minimum atomic E-state index is -0.520. The van der Waals surface area contributed by atoms with Crippen LogP contribution in [0.4, 0.5) is 8.78 Å². The number of hydrogen-bond donors (Lipinski definition) is 1. The summed E-state index contributed by atoms with van der Waals surface area (Å²) < 4.78 is 25.7. The highest BCUT2D eigenvalue weighted by molar-refractivity contribution is 5.24. The minimum Gasteiger partial charge on any atom is -0.307 e. The minimum absolute atomic E-state index is 0.0654. The molecule has 1 saturated heterocycles. The lowest BCUT2D eigenvalue weighted by Gasteiger charge is -2.35. The van der Waals surface area contributed by atoms with Gasteiger partial charge in [0.05, 0.1) is 0 Å². The smallest absolute Gasteiger partial charge is 0.130 e. The van der Waals surface area contributed by atoms with Gasteiger partial charge in [-0.15, -0.1) is 0 Å². The zero-order valence-corrected chi connectivity index (χ0v) is 7.35. The number of benzene rings is 1. The van der Waals surface area contributed by atoms with Crippen LogP contribution < -0.4 is 5.32 Å². The maximum absolute atomic E-state index is 13.2. The second-order valence-corrected chi connectivity index (χ2v) is 3.52. The molecule has 70 valence electrons. The molecule has 1 heterocycles. The van der Waals surface area contributed by atoms with Crippen LogP contribution in [-0.4, -0.2) is 6.04 Å². The van der Waals surface area contributed by atoms with E-state index in [1.54, 1.807) is 0 Å². The Balaban J connectivity index is 2.21. The summed E-state index contributed by atoms with van der Waals surface area (Å²) in [7, 11) is 0. The Morgan fingerprint density at radius 2 is 2.08 bits per heavy atom. The van der Waals surface area contributed by atoms with E-state index in [-0.39, 0.29) is 6.04 Å². The van der Waals surface area contributed by atoms with Crippen LogP contribution in [0.25, 0.3) is 0 Å². The van der Waals surface area contributed by atoms with Crippen LogP contribution in [0.3, 0.4) is 0 Å². The van der Waals surface area contributed by atoms with Gasteiger partial charge in [-0.3, -0.25) is 0 Å². The molecule has 1 aliphatic rings. The van der Waals surface area contributed by atoms with E-state index in [1.165, 1.54) is 12.1 Å². The molecule has 3 heteroatoms. The van der Waals surface area contributed by atoms with Gasteiger partial charge in [-0.2, -0.15) is 0 Å². The van der Waals surface area contributed by atoms with Crippen LogP contribution >= 0.6 is 0 Å². The van der Waals surface area contributed by atoms with E-state index < -0.39 is 11.6 Å². The molecular weight excluding hydrogens is 172 g/mol. The number of hydrogen-bond acceptors (Lipinski definition) is 1. The van der Waals surface area contributed by atoms with Crippen molar-refractivity contribution in [3.63, 3.8) is 0 Å². The monoisotopic (exact) mass is 183 g/mol. The lowest BCUT2D eigenvalue weighted by atomic mass is 9.91. The van der Waals surface area contributed by atoms with Crippen molar-refractivity contribution in [1.29, 1.82) is 0 Å². The molecule has 0 bridgehead atoms. The standard InChI is InChI=1S/C10H11F2N/c1-6-4-10(13-6)8-3-2-7(11)5-9(8)12/h2-3,5-6,10,13H,4H2,1H3. The fraction of sp³-hybridized carbons (Fsp3) is 0.400. The topological polar surface area (TPSA) is 12.0 Å². The highest BCUT2D eigenvalue weighted by Crippen LogP contribution is 2.29. The molecule has 1 fully saturated rings. The van der Waals surface area contributed by atoms with Crippen LogP contribution in [0.1, 0.15) is 24.9 Å². The lowest BCUT2D eigenvalue weighted by molar-refractivity contribution is 0.280. The van der Waals surface area contributed by atoms with E-state index >= 15 is 0 Å². The van der Waals surface area contributed by atoms with Gasteiger partial charge in [0.25, 0.3) is 0 Å². The third-order valence-electron chi connectivity index (χ3n) is 2.41. The molecule has 1 aliphatic heterocycles. The molecule has 0 amide bonds. The van der Waals surface area contributed by atoms with Crippen LogP contribution in [0.15, 0.2) is 18.2 Å². The number of halogens is 2. The van der Waals surface area contributed by atoms with E-state index in [1.807, 2.05) is 6.92 Å². The highest BCUT2D eigenvalue weighted by atomic mass is 19.1. The van der Waals surface area contributed by atoms with Gasteiger partial charge in [0.1, 0.15) is 11.6 Å². The quantitative estimate of drug-likeness (QED) is 0.704. The van der Waals surface area contributed by atoms with Crippen molar-refractivity contribution in [2.45, 2.75) is 25.4 Å². The molecule has 0 spiro atoms. The van der Waals surface area contributed by atoms with Crippen molar-refractivity contribution < 1.29 is 8.78 Å². The summed E-state index contributed by atoms with van der Waals surface area (Å²) in [6.07, 6.45) is 0.919. The molecule has 13 heavy (non-hydrogen) atoms. The lowest BCUT2D eigenvalue weighted by Crippen LogP contribution is -2.44. The first-order valence-electron chi connectivity index (χ1n) is 4.38. The molecule has 0 aromatic heterocycles. The van der Waals surface area contributed by atoms with E-state index in [2.05, 4.69) is 5.32 Å². The first-order chi connectivity index (χ1) is 6.16. The normalized spacial score (nSPS) is 27.0. The van der Waals surface area contributed by atoms with E-state index in [0.29, 0.717) is 11.6 Å². The maximum Gasteiger partial charge on any atom is 0.130 e. The van der Waals surface area contributed by atoms with E-state index in [9.17, 15) is 8.78 Å². The van der Waals surface area contributed by atoms with Gasteiger partial charge in [-0.05, 0) is 19.4 Å². The summed E-state index contributed by atoms with van der Waals surface area (Å²) in [6.45, 7) is 2.04. The highest BCUT2D eigenvalue weighted by Gasteiger charge is 2.27. The van der Waals surface area contributed by atoms with Crippen LogP contribution in [-0.2, 0) is 0 Å². The van der Waals surface area contributed by atoms with Gasteiger partial charge < -0.3 is 5.32 Å². The van der Waals surface area contributed by atoms with Crippen molar-refractivity contribution >= 4 is 0 Å². The molecule has 0 saturated carbocycles. The third kappa shape index (κ3) is 1.56. The Bertz CT molecular complexity index is 319. The molecule has 2 rings (SSSR count). The zero-order valence-electron chi connectivity index (χ0n) is 7.35. The molecule has 0 radical (unpaired) electrons. The predicted octanol–water partition coefficient (Wildman–Crippen LogP) is 2.39. The molecule has 1 nitrogen and oxygen atoms in total. The molecule has 2 atom stereocenters. The van der Waals surface area contributed by atoms with Gasteiger partial charge >= 0.3 is 0 Å². The van der Waals surface area contributed by atoms with Crippen LogP contribution in [0.5, 0.6) is 0 Å². The second-order valence-electron chi connectivity index (χ2n) is 3.52. The largest absolute Gasteiger partial charge is 0.307 e. The SMILES string of the molecule is CC1CC(c2ccc(F)cc2F)N1. The second kappa shape index (κ2) is 3.07. The molecule has 1 aromatic carbocycles. The Morgan fingerprint density at radius 3 is 2.62 bits per heavy atom. The van der Waals surface area contributed by atoms with Crippen LogP contribution in [0, 0.1) is 11.6 Å². The summed E-state index contributed by atoms with van der Waals surface area (Å²) in [6, 6.07) is 4.24. The van der Waals surface area contributed by atoms with Gasteiger partial charge in [0.2, 0.25) is 0 Å². The Labute approximate surface area is 75.8 Å². The van der Waals surface area contributed by atoms with E-state index in [4.69, 9.17) is 0 Å². The number of rotatable bonds is 1. The van der Waals surface area contributed by atoms with Crippen molar-refractivity contribution in [3.8, 4) is 0 Å². The average molecular weight is 183 g/mol. The summed E-state index contributed by atoms with van der Waals surface area (Å²) >= 11 is 0. The van der Waals surface area contributed by atoms with Gasteiger partial charge in [0.15, 0.2) is 0 Å². The molecule has 1 N–H and O–H groups in total. The fourth-order valence-electron chi connectivity index (χ4n) is 1.67. The zero-order chi connectivity index (χ0) is 9.42. The van der Waals surface area contributed by atoms with Crippen molar-refractivity contribution in [2.75, 3.05) is 0 Å². The first-order valence-corrected chi connectivity index (χ1v) is 4.38.